The predicted molar refractivity (Wildman–Crippen MR) is 108 cm³/mol. The molecule has 138 valence electrons. The summed E-state index contributed by atoms with van der Waals surface area (Å²) >= 11 is 0. The Morgan fingerprint density at radius 2 is 1.89 bits per heavy atom. The van der Waals surface area contributed by atoms with Crippen molar-refractivity contribution in [3.8, 4) is 11.6 Å². The molecule has 5 nitrogen and oxygen atoms in total. The predicted octanol–water partition coefficient (Wildman–Crippen LogP) is 4.66. The Bertz CT molecular complexity index is 1130. The van der Waals surface area contributed by atoms with Gasteiger partial charge >= 0.3 is 0 Å². The zero-order valence-corrected chi connectivity index (χ0v) is 15.4. The molecule has 28 heavy (non-hydrogen) atoms. The molecule has 0 saturated heterocycles. The van der Waals surface area contributed by atoms with E-state index in [1.54, 1.807) is 24.5 Å². The normalized spacial score (nSPS) is 10.6. The van der Waals surface area contributed by atoms with E-state index in [4.69, 9.17) is 4.74 Å². The fourth-order valence-corrected chi connectivity index (χ4v) is 2.96. The van der Waals surface area contributed by atoms with Crippen LogP contribution in [0.25, 0.3) is 10.9 Å². The lowest BCUT2D eigenvalue weighted by atomic mass is 10.1. The van der Waals surface area contributed by atoms with Gasteiger partial charge in [0, 0.05) is 36.0 Å². The first-order chi connectivity index (χ1) is 13.7. The van der Waals surface area contributed by atoms with Crippen LogP contribution >= 0.6 is 0 Å². The number of aryl methyl sites for hydroxylation is 1. The molecule has 0 bridgehead atoms. The van der Waals surface area contributed by atoms with E-state index in [2.05, 4.69) is 15.3 Å². The molecular formula is C23H19N3O2. The number of hydrogen-bond acceptors (Lipinski definition) is 4. The van der Waals surface area contributed by atoms with E-state index >= 15 is 0 Å². The van der Waals surface area contributed by atoms with Crippen LogP contribution in [0, 0.1) is 6.92 Å². The molecule has 0 aliphatic rings. The molecular weight excluding hydrogens is 350 g/mol. The van der Waals surface area contributed by atoms with Crippen LogP contribution in [0.2, 0.25) is 0 Å². The number of nitrogens with zero attached hydrogens (tertiary/aromatic N) is 2. The van der Waals surface area contributed by atoms with Crippen molar-refractivity contribution >= 4 is 16.8 Å². The second kappa shape index (κ2) is 7.88. The number of carbonyl (C=O) groups excluding carboxylic acids is 1. The summed E-state index contributed by atoms with van der Waals surface area (Å²) in [6.07, 6.45) is 3.46. The lowest BCUT2D eigenvalue weighted by molar-refractivity contribution is 0.0951. The van der Waals surface area contributed by atoms with Gasteiger partial charge in [0.15, 0.2) is 0 Å². The van der Waals surface area contributed by atoms with Crippen molar-refractivity contribution in [2.24, 2.45) is 0 Å². The molecule has 0 aliphatic heterocycles. The summed E-state index contributed by atoms with van der Waals surface area (Å²) in [6, 6.07) is 20.6. The third kappa shape index (κ3) is 3.99. The van der Waals surface area contributed by atoms with Gasteiger partial charge in [0.05, 0.1) is 5.52 Å². The molecule has 1 amide bonds. The quantitative estimate of drug-likeness (QED) is 0.556. The number of aromatic nitrogens is 2. The van der Waals surface area contributed by atoms with E-state index in [1.165, 1.54) is 0 Å². The third-order valence-electron chi connectivity index (χ3n) is 4.43. The molecule has 0 aliphatic carbocycles. The van der Waals surface area contributed by atoms with Crippen LogP contribution in [0.15, 0.2) is 79.1 Å². The van der Waals surface area contributed by atoms with E-state index in [9.17, 15) is 4.79 Å². The van der Waals surface area contributed by atoms with Crippen molar-refractivity contribution in [1.82, 2.24) is 15.3 Å². The number of benzene rings is 2. The number of fused-ring (bicyclic) bond motifs is 1. The lowest BCUT2D eigenvalue weighted by Gasteiger charge is -2.09. The Morgan fingerprint density at radius 1 is 0.964 bits per heavy atom. The number of rotatable bonds is 5. The van der Waals surface area contributed by atoms with Crippen molar-refractivity contribution in [1.29, 1.82) is 0 Å². The van der Waals surface area contributed by atoms with Gasteiger partial charge in [0.2, 0.25) is 5.88 Å². The molecule has 0 fully saturated rings. The second-order valence-electron chi connectivity index (χ2n) is 6.46. The van der Waals surface area contributed by atoms with Crippen LogP contribution in [-0.2, 0) is 6.54 Å². The van der Waals surface area contributed by atoms with Gasteiger partial charge in [-0.2, -0.15) is 0 Å². The molecule has 5 heteroatoms. The molecule has 0 radical (unpaired) electrons. The molecule has 2 aromatic carbocycles. The highest BCUT2D eigenvalue weighted by molar-refractivity contribution is 5.98. The Labute approximate surface area is 163 Å². The molecule has 1 N–H and O–H groups in total. The first kappa shape index (κ1) is 17.7. The molecule has 0 saturated carbocycles. The average Bonchev–Trinajstić information content (AvgIpc) is 2.73. The first-order valence-electron chi connectivity index (χ1n) is 9.00. The zero-order chi connectivity index (χ0) is 19.3. The minimum absolute atomic E-state index is 0.124. The third-order valence-corrected chi connectivity index (χ3v) is 4.43. The molecule has 2 aromatic heterocycles. The van der Waals surface area contributed by atoms with Crippen LogP contribution in [0.3, 0.4) is 0 Å². The maximum atomic E-state index is 12.6. The van der Waals surface area contributed by atoms with Crippen molar-refractivity contribution < 1.29 is 9.53 Å². The van der Waals surface area contributed by atoms with Gasteiger partial charge < -0.3 is 10.1 Å². The van der Waals surface area contributed by atoms with Crippen molar-refractivity contribution in [2.45, 2.75) is 13.5 Å². The number of hydrogen-bond donors (Lipinski definition) is 1. The number of carbonyl (C=O) groups is 1. The highest BCUT2D eigenvalue weighted by Gasteiger charge is 2.08. The van der Waals surface area contributed by atoms with Gasteiger partial charge in [-0.1, -0.05) is 18.2 Å². The zero-order valence-electron chi connectivity index (χ0n) is 15.4. The fourth-order valence-electron chi connectivity index (χ4n) is 2.96. The van der Waals surface area contributed by atoms with Crippen LogP contribution in [0.4, 0.5) is 0 Å². The lowest BCUT2D eigenvalue weighted by Crippen LogP contribution is -2.22. The molecule has 2 heterocycles. The van der Waals surface area contributed by atoms with Crippen LogP contribution < -0.4 is 10.1 Å². The van der Waals surface area contributed by atoms with Gasteiger partial charge in [0.25, 0.3) is 5.91 Å². The van der Waals surface area contributed by atoms with Crippen LogP contribution in [0.5, 0.6) is 11.6 Å². The first-order valence-corrected chi connectivity index (χ1v) is 9.00. The fraction of sp³-hybridized carbons (Fsp3) is 0.0870. The summed E-state index contributed by atoms with van der Waals surface area (Å²) in [7, 11) is 0. The standard InChI is InChI=1S/C23H19N3O2/c1-16-10-12-24-21-9-8-18(14-20(16)21)23(27)26-15-17-5-4-6-19(13-17)28-22-7-2-3-11-25-22/h2-14H,15H2,1H3,(H,26,27). The van der Waals surface area contributed by atoms with Gasteiger partial charge in [-0.05, 0) is 60.5 Å². The van der Waals surface area contributed by atoms with E-state index in [0.717, 1.165) is 22.0 Å². The summed E-state index contributed by atoms with van der Waals surface area (Å²) in [4.78, 5) is 21.1. The van der Waals surface area contributed by atoms with Gasteiger partial charge in [-0.15, -0.1) is 0 Å². The van der Waals surface area contributed by atoms with Crippen LogP contribution in [-0.4, -0.2) is 15.9 Å². The van der Waals surface area contributed by atoms with Crippen molar-refractivity contribution in [2.75, 3.05) is 0 Å². The molecule has 0 atom stereocenters. The minimum Gasteiger partial charge on any atom is -0.439 e. The molecule has 0 spiro atoms. The topological polar surface area (TPSA) is 64.1 Å². The Kier molecular flexibility index (Phi) is 4.97. The van der Waals surface area contributed by atoms with E-state index < -0.39 is 0 Å². The summed E-state index contributed by atoms with van der Waals surface area (Å²) < 4.78 is 5.74. The van der Waals surface area contributed by atoms with Crippen molar-refractivity contribution in [3.05, 3.63) is 95.8 Å². The number of pyridine rings is 2. The number of nitrogens with one attached hydrogen (secondary N) is 1. The van der Waals surface area contributed by atoms with Crippen LogP contribution in [0.1, 0.15) is 21.5 Å². The Hall–Kier alpha value is -3.73. The Balaban J connectivity index is 1.45. The molecule has 4 rings (SSSR count). The summed E-state index contributed by atoms with van der Waals surface area (Å²) in [5.41, 5.74) is 3.54. The monoisotopic (exact) mass is 369 g/mol. The SMILES string of the molecule is Cc1ccnc2ccc(C(=O)NCc3cccc(Oc4ccccn4)c3)cc12. The highest BCUT2D eigenvalue weighted by atomic mass is 16.5. The van der Waals surface area contributed by atoms with Gasteiger partial charge in [0.1, 0.15) is 5.75 Å². The second-order valence-corrected chi connectivity index (χ2v) is 6.46. The van der Waals surface area contributed by atoms with E-state index in [0.29, 0.717) is 23.7 Å². The number of ether oxygens (including phenoxy) is 1. The van der Waals surface area contributed by atoms with Gasteiger partial charge in [-0.25, -0.2) is 4.98 Å². The maximum absolute atomic E-state index is 12.6. The summed E-state index contributed by atoms with van der Waals surface area (Å²) in [5, 5.41) is 3.95. The Morgan fingerprint density at radius 3 is 2.75 bits per heavy atom. The average molecular weight is 369 g/mol. The summed E-state index contributed by atoms with van der Waals surface area (Å²) in [5.74, 6) is 1.09. The van der Waals surface area contributed by atoms with Crippen molar-refractivity contribution in [3.63, 3.8) is 0 Å². The summed E-state index contributed by atoms with van der Waals surface area (Å²) in [6.45, 7) is 2.42. The van der Waals surface area contributed by atoms with E-state index in [1.807, 2.05) is 61.5 Å². The number of amides is 1. The van der Waals surface area contributed by atoms with E-state index in [-0.39, 0.29) is 5.91 Å². The largest absolute Gasteiger partial charge is 0.439 e. The minimum atomic E-state index is -0.124. The maximum Gasteiger partial charge on any atom is 0.251 e. The molecule has 4 aromatic rings. The molecule has 0 unspecified atom stereocenters. The highest BCUT2D eigenvalue weighted by Crippen LogP contribution is 2.20. The van der Waals surface area contributed by atoms with Gasteiger partial charge in [-0.3, -0.25) is 9.78 Å². The smallest absolute Gasteiger partial charge is 0.251 e.